The molecule has 0 bridgehead atoms. The molecule has 2 rings (SSSR count). The Bertz CT molecular complexity index is 423. The van der Waals surface area contributed by atoms with Crippen LogP contribution in [0.3, 0.4) is 0 Å². The van der Waals surface area contributed by atoms with Gasteiger partial charge < -0.3 is 5.32 Å². The Hall–Kier alpha value is -1.59. The van der Waals surface area contributed by atoms with E-state index in [0.717, 1.165) is 13.0 Å². The zero-order chi connectivity index (χ0) is 12.4. The number of hydrogen-bond acceptors (Lipinski definition) is 4. The van der Waals surface area contributed by atoms with Gasteiger partial charge in [-0.3, -0.25) is 10.1 Å². The number of rotatable bonds is 6. The Morgan fingerprint density at radius 3 is 2.82 bits per heavy atom. The van der Waals surface area contributed by atoms with Crippen molar-refractivity contribution in [2.24, 2.45) is 13.0 Å². The molecule has 6 heteroatoms. The molecule has 1 fully saturated rings. The third-order valence-corrected chi connectivity index (χ3v) is 3.02. The molecule has 6 nitrogen and oxygen atoms in total. The molecule has 0 aliphatic heterocycles. The molecule has 1 heterocycles. The number of aryl methyl sites for hydroxylation is 2. The lowest BCUT2D eigenvalue weighted by Crippen LogP contribution is -2.09. The summed E-state index contributed by atoms with van der Waals surface area (Å²) in [5.74, 6) is 1.23. The molecule has 1 aliphatic rings. The van der Waals surface area contributed by atoms with Crippen LogP contribution in [0, 0.1) is 16.0 Å². The van der Waals surface area contributed by atoms with Crippen LogP contribution >= 0.6 is 0 Å². The van der Waals surface area contributed by atoms with Crippen molar-refractivity contribution < 1.29 is 4.92 Å². The highest BCUT2D eigenvalue weighted by molar-refractivity contribution is 5.59. The van der Waals surface area contributed by atoms with Gasteiger partial charge in [0.05, 0.1) is 4.92 Å². The predicted octanol–water partition coefficient (Wildman–Crippen LogP) is 2.10. The highest BCUT2D eigenvalue weighted by Crippen LogP contribution is 2.32. The van der Waals surface area contributed by atoms with Crippen molar-refractivity contribution in [3.63, 3.8) is 0 Å². The van der Waals surface area contributed by atoms with Gasteiger partial charge in [0.15, 0.2) is 0 Å². The van der Waals surface area contributed by atoms with Gasteiger partial charge in [0.25, 0.3) is 0 Å². The molecule has 0 aromatic carbocycles. The van der Waals surface area contributed by atoms with E-state index in [4.69, 9.17) is 0 Å². The summed E-state index contributed by atoms with van der Waals surface area (Å²) in [5.41, 5.74) is 0.730. The van der Waals surface area contributed by atoms with Crippen LogP contribution in [0.2, 0.25) is 0 Å². The maximum atomic E-state index is 11.1. The molecule has 0 radical (unpaired) electrons. The number of aromatic nitrogens is 2. The highest BCUT2D eigenvalue weighted by Gasteiger charge is 2.28. The average Bonchev–Trinajstić information content (AvgIpc) is 3.02. The lowest BCUT2D eigenvalue weighted by Gasteiger charge is -2.04. The second-order valence-corrected chi connectivity index (χ2v) is 4.60. The van der Waals surface area contributed by atoms with E-state index in [1.165, 1.54) is 12.8 Å². The molecule has 0 spiro atoms. The number of anilines is 1. The fourth-order valence-corrected chi connectivity index (χ4v) is 1.93. The van der Waals surface area contributed by atoms with Gasteiger partial charge >= 0.3 is 5.69 Å². The predicted molar refractivity (Wildman–Crippen MR) is 65.1 cm³/mol. The summed E-state index contributed by atoms with van der Waals surface area (Å²) in [7, 11) is 1.75. The van der Waals surface area contributed by atoms with Crippen molar-refractivity contribution in [1.29, 1.82) is 0 Å². The van der Waals surface area contributed by atoms with E-state index in [2.05, 4.69) is 10.4 Å². The van der Waals surface area contributed by atoms with Gasteiger partial charge in [-0.2, -0.15) is 5.10 Å². The van der Waals surface area contributed by atoms with Gasteiger partial charge in [-0.1, -0.05) is 13.3 Å². The average molecular weight is 238 g/mol. The van der Waals surface area contributed by atoms with E-state index in [9.17, 15) is 10.1 Å². The zero-order valence-electron chi connectivity index (χ0n) is 10.3. The van der Waals surface area contributed by atoms with Gasteiger partial charge in [-0.25, -0.2) is 4.68 Å². The first-order valence-electron chi connectivity index (χ1n) is 6.07. The minimum Gasteiger partial charge on any atom is -0.364 e. The molecular weight excluding hydrogens is 220 g/mol. The first-order valence-corrected chi connectivity index (χ1v) is 6.07. The second-order valence-electron chi connectivity index (χ2n) is 4.60. The Morgan fingerprint density at radius 1 is 1.59 bits per heavy atom. The van der Waals surface area contributed by atoms with E-state index in [-0.39, 0.29) is 10.6 Å². The molecule has 1 aromatic heterocycles. The third-order valence-electron chi connectivity index (χ3n) is 3.02. The summed E-state index contributed by atoms with van der Waals surface area (Å²) in [6, 6.07) is 0. The van der Waals surface area contributed by atoms with Crippen molar-refractivity contribution in [3.8, 4) is 0 Å². The van der Waals surface area contributed by atoms with E-state index < -0.39 is 0 Å². The lowest BCUT2D eigenvalue weighted by molar-refractivity contribution is -0.384. The zero-order valence-corrected chi connectivity index (χ0v) is 10.3. The molecule has 1 N–H and O–H groups in total. The first kappa shape index (κ1) is 11.9. The molecular formula is C11H18N4O2. The summed E-state index contributed by atoms with van der Waals surface area (Å²) in [5, 5.41) is 18.5. The quantitative estimate of drug-likeness (QED) is 0.608. The summed E-state index contributed by atoms with van der Waals surface area (Å²) >= 11 is 0. The van der Waals surface area contributed by atoms with Gasteiger partial charge in [0, 0.05) is 13.6 Å². The fourth-order valence-electron chi connectivity index (χ4n) is 1.93. The number of nitrogens with one attached hydrogen (secondary N) is 1. The molecule has 17 heavy (non-hydrogen) atoms. The van der Waals surface area contributed by atoms with Crippen molar-refractivity contribution >= 4 is 11.5 Å². The molecule has 0 atom stereocenters. The molecule has 1 saturated carbocycles. The largest absolute Gasteiger partial charge is 0.364 e. The second kappa shape index (κ2) is 4.73. The molecule has 1 aromatic rings. The molecule has 0 saturated heterocycles. The Labute approximate surface area is 100 Å². The number of nitro groups is 1. The summed E-state index contributed by atoms with van der Waals surface area (Å²) < 4.78 is 1.59. The van der Waals surface area contributed by atoms with Crippen molar-refractivity contribution in [2.75, 3.05) is 11.9 Å². The van der Waals surface area contributed by atoms with Crippen LogP contribution in [0.4, 0.5) is 11.5 Å². The van der Waals surface area contributed by atoms with Crippen molar-refractivity contribution in [3.05, 3.63) is 15.8 Å². The van der Waals surface area contributed by atoms with Crippen molar-refractivity contribution in [2.45, 2.75) is 32.6 Å². The van der Waals surface area contributed by atoms with Crippen LogP contribution in [-0.4, -0.2) is 21.2 Å². The summed E-state index contributed by atoms with van der Waals surface area (Å²) in [6.45, 7) is 2.81. The van der Waals surface area contributed by atoms with E-state index in [1.807, 2.05) is 6.92 Å². The highest BCUT2D eigenvalue weighted by atomic mass is 16.6. The van der Waals surface area contributed by atoms with Gasteiger partial charge in [-0.15, -0.1) is 0 Å². The Kier molecular flexibility index (Phi) is 3.31. The minimum absolute atomic E-state index is 0.148. The molecule has 94 valence electrons. The SMILES string of the molecule is CCCc1nn(C)c(NCC2CC2)c1[N+](=O)[O-]. The van der Waals surface area contributed by atoms with Crippen LogP contribution in [0.1, 0.15) is 31.9 Å². The number of hydrogen-bond donors (Lipinski definition) is 1. The Morgan fingerprint density at radius 2 is 2.29 bits per heavy atom. The van der Waals surface area contributed by atoms with E-state index in [0.29, 0.717) is 23.9 Å². The van der Waals surface area contributed by atoms with Crippen LogP contribution < -0.4 is 5.32 Å². The van der Waals surface area contributed by atoms with E-state index >= 15 is 0 Å². The van der Waals surface area contributed by atoms with Crippen LogP contribution in [0.15, 0.2) is 0 Å². The number of nitrogens with zero attached hydrogens (tertiary/aromatic N) is 3. The summed E-state index contributed by atoms with van der Waals surface area (Å²) in [6.07, 6.45) is 3.95. The maximum absolute atomic E-state index is 11.1. The standard InChI is InChI=1S/C11H18N4O2/c1-3-4-9-10(15(16)17)11(14(2)13-9)12-7-8-5-6-8/h8,12H,3-7H2,1-2H3. The smallest absolute Gasteiger partial charge is 0.333 e. The normalized spacial score (nSPS) is 14.9. The fraction of sp³-hybridized carbons (Fsp3) is 0.727. The first-order chi connectivity index (χ1) is 8.13. The lowest BCUT2D eigenvalue weighted by atomic mass is 10.2. The van der Waals surface area contributed by atoms with Gasteiger partial charge in [0.1, 0.15) is 5.69 Å². The van der Waals surface area contributed by atoms with Crippen molar-refractivity contribution in [1.82, 2.24) is 9.78 Å². The molecule has 0 unspecified atom stereocenters. The topological polar surface area (TPSA) is 73.0 Å². The Balaban J connectivity index is 2.23. The van der Waals surface area contributed by atoms with Gasteiger partial charge in [0.2, 0.25) is 5.82 Å². The van der Waals surface area contributed by atoms with E-state index in [1.54, 1.807) is 11.7 Å². The third kappa shape index (κ3) is 2.57. The summed E-state index contributed by atoms with van der Waals surface area (Å²) in [4.78, 5) is 10.8. The molecule has 0 amide bonds. The van der Waals surface area contributed by atoms with Crippen LogP contribution in [0.5, 0.6) is 0 Å². The molecule has 1 aliphatic carbocycles. The van der Waals surface area contributed by atoms with Gasteiger partial charge in [-0.05, 0) is 25.2 Å². The monoisotopic (exact) mass is 238 g/mol. The minimum atomic E-state index is -0.326. The van der Waals surface area contributed by atoms with Crippen LogP contribution in [-0.2, 0) is 13.5 Å². The maximum Gasteiger partial charge on any atom is 0.333 e. The van der Waals surface area contributed by atoms with Crippen LogP contribution in [0.25, 0.3) is 0 Å².